The lowest BCUT2D eigenvalue weighted by molar-refractivity contribution is 0.888. The Morgan fingerprint density at radius 3 is 2.23 bits per heavy atom. The van der Waals surface area contributed by atoms with Crippen molar-refractivity contribution in [1.29, 1.82) is 0 Å². The Balaban J connectivity index is 1.59. The van der Waals surface area contributed by atoms with Gasteiger partial charge in [-0.2, -0.15) is 5.10 Å². The summed E-state index contributed by atoms with van der Waals surface area (Å²) in [5.41, 5.74) is 4.43. The first-order chi connectivity index (χ1) is 17.1. The summed E-state index contributed by atoms with van der Waals surface area (Å²) in [6, 6.07) is 24.7. The van der Waals surface area contributed by atoms with E-state index in [1.54, 1.807) is 33.9 Å². The molecule has 8 heteroatoms. The fourth-order valence-corrected chi connectivity index (χ4v) is 4.23. The van der Waals surface area contributed by atoms with Gasteiger partial charge in [0.1, 0.15) is 11.2 Å². The summed E-state index contributed by atoms with van der Waals surface area (Å²) in [5.74, 6) is 0.509. The molecule has 0 fully saturated rings. The average molecular weight is 479 g/mol. The van der Waals surface area contributed by atoms with Gasteiger partial charge in [0.15, 0.2) is 5.65 Å². The first-order valence-electron chi connectivity index (χ1n) is 11.0. The third-order valence-electron chi connectivity index (χ3n) is 5.83. The van der Waals surface area contributed by atoms with Crippen LogP contribution in [0.1, 0.15) is 0 Å². The second-order valence-corrected chi connectivity index (χ2v) is 8.62. The second-order valence-electron chi connectivity index (χ2n) is 8.18. The van der Waals surface area contributed by atoms with E-state index in [0.717, 1.165) is 22.5 Å². The number of aromatic nitrogens is 6. The number of hydrogen-bond acceptors (Lipinski definition) is 4. The predicted octanol–water partition coefficient (Wildman–Crippen LogP) is 5.29. The van der Waals surface area contributed by atoms with E-state index < -0.39 is 0 Å². The van der Waals surface area contributed by atoms with Crippen molar-refractivity contribution in [3.05, 3.63) is 113 Å². The zero-order valence-corrected chi connectivity index (χ0v) is 19.5. The highest BCUT2D eigenvalue weighted by Crippen LogP contribution is 2.26. The van der Waals surface area contributed by atoms with Crippen LogP contribution in [0.25, 0.3) is 45.1 Å². The fourth-order valence-electron chi connectivity index (χ4n) is 4.10. The standard InChI is InChI=1S/C27H19ClN6O/c1-32-16-24(29-17-32)18-7-9-19(10-8-18)25-31-26-23(15-30-34(26)22-5-3-2-4-6-22)27(35)33(25)21-13-11-20(28)12-14-21/h2-17H,1H3. The van der Waals surface area contributed by atoms with E-state index in [1.807, 2.05) is 84.5 Å². The highest BCUT2D eigenvalue weighted by Gasteiger charge is 2.19. The molecule has 0 aliphatic carbocycles. The minimum atomic E-state index is -0.205. The number of para-hydroxylation sites is 1. The molecule has 7 nitrogen and oxygen atoms in total. The van der Waals surface area contributed by atoms with Crippen molar-refractivity contribution in [2.45, 2.75) is 0 Å². The van der Waals surface area contributed by atoms with Crippen LogP contribution in [0, 0.1) is 0 Å². The van der Waals surface area contributed by atoms with Crippen LogP contribution in [0.5, 0.6) is 0 Å². The Kier molecular flexibility index (Phi) is 5.04. The maximum Gasteiger partial charge on any atom is 0.269 e. The molecule has 0 spiro atoms. The molecule has 0 bridgehead atoms. The Hall–Kier alpha value is -4.49. The third-order valence-corrected chi connectivity index (χ3v) is 6.08. The first kappa shape index (κ1) is 21.1. The molecule has 3 aromatic carbocycles. The van der Waals surface area contributed by atoms with Crippen molar-refractivity contribution in [3.63, 3.8) is 0 Å². The van der Waals surface area contributed by atoms with Gasteiger partial charge in [0.25, 0.3) is 5.56 Å². The van der Waals surface area contributed by atoms with Crippen LogP contribution < -0.4 is 5.56 Å². The molecule has 0 saturated carbocycles. The van der Waals surface area contributed by atoms with Gasteiger partial charge in [0, 0.05) is 29.4 Å². The lowest BCUT2D eigenvalue weighted by atomic mass is 10.1. The molecular weight excluding hydrogens is 460 g/mol. The van der Waals surface area contributed by atoms with Gasteiger partial charge >= 0.3 is 0 Å². The Labute approximate surface area is 205 Å². The quantitative estimate of drug-likeness (QED) is 0.345. The van der Waals surface area contributed by atoms with E-state index in [-0.39, 0.29) is 5.56 Å². The largest absolute Gasteiger partial charge is 0.340 e. The summed E-state index contributed by atoms with van der Waals surface area (Å²) in [7, 11) is 1.94. The van der Waals surface area contributed by atoms with Crippen molar-refractivity contribution in [2.75, 3.05) is 0 Å². The number of halogens is 1. The summed E-state index contributed by atoms with van der Waals surface area (Å²) in [6.45, 7) is 0. The van der Waals surface area contributed by atoms with Crippen LogP contribution in [-0.2, 0) is 7.05 Å². The number of nitrogens with zero attached hydrogens (tertiary/aromatic N) is 6. The fraction of sp³-hybridized carbons (Fsp3) is 0.0370. The van der Waals surface area contributed by atoms with Gasteiger partial charge in [0.2, 0.25) is 0 Å². The normalized spacial score (nSPS) is 11.3. The van der Waals surface area contributed by atoms with Crippen LogP contribution in [0.3, 0.4) is 0 Å². The van der Waals surface area contributed by atoms with Gasteiger partial charge in [-0.1, -0.05) is 54.1 Å². The summed E-state index contributed by atoms with van der Waals surface area (Å²) in [4.78, 5) is 23.1. The van der Waals surface area contributed by atoms with Crippen LogP contribution in [0.2, 0.25) is 5.02 Å². The molecule has 3 heterocycles. The molecule has 0 unspecified atom stereocenters. The number of hydrogen-bond donors (Lipinski definition) is 0. The molecule has 0 aliphatic heterocycles. The molecule has 6 rings (SSSR count). The molecular formula is C27H19ClN6O. The highest BCUT2D eigenvalue weighted by molar-refractivity contribution is 6.30. The summed E-state index contributed by atoms with van der Waals surface area (Å²) < 4.78 is 5.20. The van der Waals surface area contributed by atoms with Crippen molar-refractivity contribution in [3.8, 4) is 34.0 Å². The van der Waals surface area contributed by atoms with E-state index in [4.69, 9.17) is 16.6 Å². The lowest BCUT2D eigenvalue weighted by Crippen LogP contribution is -2.22. The maximum atomic E-state index is 13.8. The average Bonchev–Trinajstić information content (AvgIpc) is 3.52. The van der Waals surface area contributed by atoms with Crippen molar-refractivity contribution >= 4 is 22.6 Å². The van der Waals surface area contributed by atoms with Gasteiger partial charge in [-0.15, -0.1) is 0 Å². The van der Waals surface area contributed by atoms with Gasteiger partial charge in [0.05, 0.1) is 29.6 Å². The number of fused-ring (bicyclic) bond motifs is 1. The van der Waals surface area contributed by atoms with E-state index in [9.17, 15) is 4.79 Å². The molecule has 35 heavy (non-hydrogen) atoms. The van der Waals surface area contributed by atoms with Crippen LogP contribution in [0.4, 0.5) is 0 Å². The number of benzene rings is 3. The van der Waals surface area contributed by atoms with Crippen molar-refractivity contribution in [2.24, 2.45) is 7.05 Å². The SMILES string of the molecule is Cn1cnc(-c2ccc(-c3nc4c(cnn4-c4ccccc4)c(=O)n3-c3ccc(Cl)cc3)cc2)c1. The van der Waals surface area contributed by atoms with E-state index in [2.05, 4.69) is 10.1 Å². The number of aryl methyl sites for hydroxylation is 1. The maximum absolute atomic E-state index is 13.8. The topological polar surface area (TPSA) is 70.5 Å². The summed E-state index contributed by atoms with van der Waals surface area (Å²) >= 11 is 6.12. The molecule has 0 amide bonds. The molecule has 170 valence electrons. The smallest absolute Gasteiger partial charge is 0.269 e. The third kappa shape index (κ3) is 3.72. The van der Waals surface area contributed by atoms with E-state index in [1.165, 1.54) is 0 Å². The Morgan fingerprint density at radius 2 is 1.54 bits per heavy atom. The second kappa shape index (κ2) is 8.38. The minimum absolute atomic E-state index is 0.205. The van der Waals surface area contributed by atoms with E-state index >= 15 is 0 Å². The van der Waals surface area contributed by atoms with E-state index in [0.29, 0.717) is 27.6 Å². The Morgan fingerprint density at radius 1 is 0.829 bits per heavy atom. The minimum Gasteiger partial charge on any atom is -0.340 e. The monoisotopic (exact) mass is 478 g/mol. The van der Waals surface area contributed by atoms with Crippen molar-refractivity contribution < 1.29 is 0 Å². The van der Waals surface area contributed by atoms with Crippen LogP contribution >= 0.6 is 11.6 Å². The molecule has 0 radical (unpaired) electrons. The zero-order valence-electron chi connectivity index (χ0n) is 18.7. The lowest BCUT2D eigenvalue weighted by Gasteiger charge is -2.14. The molecule has 6 aromatic rings. The van der Waals surface area contributed by atoms with Gasteiger partial charge in [-0.3, -0.25) is 9.36 Å². The molecule has 3 aromatic heterocycles. The highest BCUT2D eigenvalue weighted by atomic mass is 35.5. The van der Waals surface area contributed by atoms with Crippen LogP contribution in [0.15, 0.2) is 102 Å². The van der Waals surface area contributed by atoms with Gasteiger partial charge in [-0.05, 0) is 36.4 Å². The number of rotatable bonds is 4. The van der Waals surface area contributed by atoms with Gasteiger partial charge < -0.3 is 4.57 Å². The molecule has 0 aliphatic rings. The van der Waals surface area contributed by atoms with Crippen LogP contribution in [-0.4, -0.2) is 28.9 Å². The summed E-state index contributed by atoms with van der Waals surface area (Å²) in [6.07, 6.45) is 5.29. The molecule has 0 N–H and O–H groups in total. The molecule has 0 atom stereocenters. The predicted molar refractivity (Wildman–Crippen MR) is 137 cm³/mol. The summed E-state index contributed by atoms with van der Waals surface area (Å²) in [5, 5.41) is 5.50. The Bertz CT molecular complexity index is 1710. The first-order valence-corrected chi connectivity index (χ1v) is 11.4. The van der Waals surface area contributed by atoms with Crippen molar-refractivity contribution in [1.82, 2.24) is 28.9 Å². The molecule has 0 saturated heterocycles. The van der Waals surface area contributed by atoms with Gasteiger partial charge in [-0.25, -0.2) is 14.6 Å². The zero-order chi connectivity index (χ0) is 23.9. The number of imidazole rings is 1.